The van der Waals surface area contributed by atoms with Crippen molar-refractivity contribution >= 4 is 0 Å². The van der Waals surface area contributed by atoms with E-state index in [0.29, 0.717) is 12.2 Å². The quantitative estimate of drug-likeness (QED) is 0.646. The highest BCUT2D eigenvalue weighted by Crippen LogP contribution is 2.12. The Kier molecular flexibility index (Phi) is 8.43. The van der Waals surface area contributed by atoms with Crippen LogP contribution in [0.3, 0.4) is 0 Å². The molecule has 0 spiro atoms. The van der Waals surface area contributed by atoms with Gasteiger partial charge in [0.1, 0.15) is 5.82 Å². The first kappa shape index (κ1) is 16.1. The molecule has 108 valence electrons. The number of hydrogen-bond donors (Lipinski definition) is 1. The Hall–Kier alpha value is -0.930. The number of rotatable bonds is 10. The van der Waals surface area contributed by atoms with Crippen LogP contribution in [0.2, 0.25) is 0 Å². The first-order chi connectivity index (χ1) is 9.27. The van der Waals surface area contributed by atoms with Gasteiger partial charge in [-0.3, -0.25) is 0 Å². The molecule has 1 N–H and O–H groups in total. The van der Waals surface area contributed by atoms with E-state index in [9.17, 15) is 4.39 Å². The molecule has 0 bridgehead atoms. The van der Waals surface area contributed by atoms with Gasteiger partial charge in [-0.15, -0.1) is 0 Å². The van der Waals surface area contributed by atoms with E-state index in [4.69, 9.17) is 4.74 Å². The van der Waals surface area contributed by atoms with Crippen molar-refractivity contribution in [3.05, 3.63) is 35.1 Å². The second-order valence-corrected chi connectivity index (χ2v) is 4.82. The van der Waals surface area contributed by atoms with Crippen LogP contribution in [-0.2, 0) is 17.9 Å². The molecule has 0 amide bonds. The van der Waals surface area contributed by atoms with Crippen LogP contribution in [0.4, 0.5) is 4.39 Å². The van der Waals surface area contributed by atoms with Crippen molar-refractivity contribution in [2.75, 3.05) is 13.2 Å². The minimum atomic E-state index is -0.172. The lowest BCUT2D eigenvalue weighted by Crippen LogP contribution is -2.12. The van der Waals surface area contributed by atoms with Crippen LogP contribution < -0.4 is 5.32 Å². The van der Waals surface area contributed by atoms with Crippen molar-refractivity contribution in [3.8, 4) is 0 Å². The van der Waals surface area contributed by atoms with E-state index >= 15 is 0 Å². The summed E-state index contributed by atoms with van der Waals surface area (Å²) in [5.74, 6) is -0.172. The van der Waals surface area contributed by atoms with Gasteiger partial charge in [0.25, 0.3) is 0 Å². The van der Waals surface area contributed by atoms with Gasteiger partial charge in [0.05, 0.1) is 6.61 Å². The Morgan fingerprint density at radius 2 is 2.00 bits per heavy atom. The Balaban J connectivity index is 2.34. The third-order valence-corrected chi connectivity index (χ3v) is 3.09. The predicted molar refractivity (Wildman–Crippen MR) is 77.6 cm³/mol. The van der Waals surface area contributed by atoms with E-state index in [1.54, 1.807) is 0 Å². The number of benzene rings is 1. The number of unbranched alkanes of at least 4 members (excludes halogenated alkanes) is 3. The summed E-state index contributed by atoms with van der Waals surface area (Å²) < 4.78 is 19.2. The Labute approximate surface area is 116 Å². The fourth-order valence-corrected chi connectivity index (χ4v) is 1.93. The molecule has 0 aliphatic heterocycles. The molecule has 0 atom stereocenters. The van der Waals surface area contributed by atoms with Crippen LogP contribution in [0, 0.1) is 5.82 Å². The van der Waals surface area contributed by atoms with Crippen molar-refractivity contribution in [1.82, 2.24) is 5.32 Å². The van der Waals surface area contributed by atoms with Crippen LogP contribution in [0.5, 0.6) is 0 Å². The summed E-state index contributed by atoms with van der Waals surface area (Å²) in [5, 5.41) is 3.24. The maximum atomic E-state index is 13.6. The Bertz CT molecular complexity index is 355. The molecule has 1 aromatic carbocycles. The van der Waals surface area contributed by atoms with Crippen molar-refractivity contribution in [2.24, 2.45) is 0 Å². The Morgan fingerprint density at radius 3 is 2.74 bits per heavy atom. The summed E-state index contributed by atoms with van der Waals surface area (Å²) in [7, 11) is 0. The first-order valence-corrected chi connectivity index (χ1v) is 7.33. The maximum Gasteiger partial charge on any atom is 0.128 e. The molecule has 0 aromatic heterocycles. The smallest absolute Gasteiger partial charge is 0.128 e. The normalized spacial score (nSPS) is 10.9. The zero-order chi connectivity index (χ0) is 13.9. The maximum absolute atomic E-state index is 13.6. The molecule has 19 heavy (non-hydrogen) atoms. The lowest BCUT2D eigenvalue weighted by Gasteiger charge is -2.08. The summed E-state index contributed by atoms with van der Waals surface area (Å²) >= 11 is 0. The monoisotopic (exact) mass is 267 g/mol. The molecular formula is C16H26FNO. The average Bonchev–Trinajstić information content (AvgIpc) is 2.43. The summed E-state index contributed by atoms with van der Waals surface area (Å²) in [6, 6.07) is 5.25. The van der Waals surface area contributed by atoms with Gasteiger partial charge in [-0.1, -0.05) is 39.2 Å². The highest BCUT2D eigenvalue weighted by atomic mass is 19.1. The summed E-state index contributed by atoms with van der Waals surface area (Å²) in [6.45, 7) is 7.03. The summed E-state index contributed by atoms with van der Waals surface area (Å²) in [4.78, 5) is 0. The molecule has 1 rings (SSSR count). The van der Waals surface area contributed by atoms with E-state index in [1.807, 2.05) is 12.1 Å². The van der Waals surface area contributed by atoms with Crippen LogP contribution in [0.1, 0.15) is 50.7 Å². The highest BCUT2D eigenvalue weighted by Gasteiger charge is 2.04. The predicted octanol–water partition coefficient (Wildman–Crippen LogP) is 4.03. The second-order valence-electron chi connectivity index (χ2n) is 4.82. The molecule has 0 aliphatic rings. The van der Waals surface area contributed by atoms with Gasteiger partial charge in [-0.05, 0) is 30.7 Å². The zero-order valence-corrected chi connectivity index (χ0v) is 12.2. The SMILES string of the molecule is CCCCCCOCc1cc(CNCC)ccc1F. The van der Waals surface area contributed by atoms with Crippen LogP contribution in [0.25, 0.3) is 0 Å². The third kappa shape index (κ3) is 6.69. The summed E-state index contributed by atoms with van der Waals surface area (Å²) in [6.07, 6.45) is 4.73. The fourth-order valence-electron chi connectivity index (χ4n) is 1.93. The van der Waals surface area contributed by atoms with E-state index in [0.717, 1.165) is 31.7 Å². The number of halogens is 1. The first-order valence-electron chi connectivity index (χ1n) is 7.33. The van der Waals surface area contributed by atoms with Gasteiger partial charge in [0.15, 0.2) is 0 Å². The second kappa shape index (κ2) is 9.93. The van der Waals surface area contributed by atoms with E-state index < -0.39 is 0 Å². The van der Waals surface area contributed by atoms with Crippen molar-refractivity contribution < 1.29 is 9.13 Å². The molecule has 2 nitrogen and oxygen atoms in total. The van der Waals surface area contributed by atoms with E-state index in [1.165, 1.54) is 25.3 Å². The Morgan fingerprint density at radius 1 is 1.16 bits per heavy atom. The van der Waals surface area contributed by atoms with Gasteiger partial charge >= 0.3 is 0 Å². The minimum absolute atomic E-state index is 0.172. The standard InChI is InChI=1S/C16H26FNO/c1-3-5-6-7-10-19-13-15-11-14(12-18-4-2)8-9-16(15)17/h8-9,11,18H,3-7,10,12-13H2,1-2H3. The van der Waals surface area contributed by atoms with E-state index in [2.05, 4.69) is 19.2 Å². The van der Waals surface area contributed by atoms with Crippen molar-refractivity contribution in [3.63, 3.8) is 0 Å². The van der Waals surface area contributed by atoms with Gasteiger partial charge in [0.2, 0.25) is 0 Å². The van der Waals surface area contributed by atoms with Crippen LogP contribution in [-0.4, -0.2) is 13.2 Å². The number of ether oxygens (including phenoxy) is 1. The topological polar surface area (TPSA) is 21.3 Å². The molecule has 0 fully saturated rings. The van der Waals surface area contributed by atoms with Gasteiger partial charge < -0.3 is 10.1 Å². The van der Waals surface area contributed by atoms with Crippen molar-refractivity contribution in [1.29, 1.82) is 0 Å². The zero-order valence-electron chi connectivity index (χ0n) is 12.2. The molecule has 0 unspecified atom stereocenters. The fraction of sp³-hybridized carbons (Fsp3) is 0.625. The molecule has 0 heterocycles. The molecule has 0 saturated heterocycles. The lowest BCUT2D eigenvalue weighted by atomic mass is 10.1. The summed E-state index contributed by atoms with van der Waals surface area (Å²) in [5.41, 5.74) is 1.76. The molecule has 1 aromatic rings. The van der Waals surface area contributed by atoms with Gasteiger partial charge in [-0.25, -0.2) is 4.39 Å². The van der Waals surface area contributed by atoms with E-state index in [-0.39, 0.29) is 5.82 Å². The third-order valence-electron chi connectivity index (χ3n) is 3.09. The molecule has 0 radical (unpaired) electrons. The minimum Gasteiger partial charge on any atom is -0.377 e. The van der Waals surface area contributed by atoms with Crippen LogP contribution in [0.15, 0.2) is 18.2 Å². The molecule has 0 saturated carbocycles. The number of nitrogens with one attached hydrogen (secondary N) is 1. The van der Waals surface area contributed by atoms with Gasteiger partial charge in [0, 0.05) is 18.7 Å². The molecular weight excluding hydrogens is 241 g/mol. The average molecular weight is 267 g/mol. The highest BCUT2D eigenvalue weighted by molar-refractivity contribution is 5.24. The van der Waals surface area contributed by atoms with Gasteiger partial charge in [-0.2, -0.15) is 0 Å². The van der Waals surface area contributed by atoms with Crippen LogP contribution >= 0.6 is 0 Å². The number of hydrogen-bond acceptors (Lipinski definition) is 2. The lowest BCUT2D eigenvalue weighted by molar-refractivity contribution is 0.114. The largest absolute Gasteiger partial charge is 0.377 e. The molecule has 3 heteroatoms. The van der Waals surface area contributed by atoms with Crippen molar-refractivity contribution in [2.45, 2.75) is 52.7 Å². The molecule has 0 aliphatic carbocycles.